The maximum Gasteiger partial charge on any atom is 0.223 e. The van der Waals surface area contributed by atoms with Crippen LogP contribution in [0.4, 0.5) is 0 Å². The quantitative estimate of drug-likeness (QED) is 0.733. The van der Waals surface area contributed by atoms with E-state index in [1.807, 2.05) is 13.8 Å². The standard InChI is InChI=1S/C17H26ClNO4/c1-16(2,15(19)20)10-17(3,4)23-11-7-13(21-5)12(9-18)14(8-11)22-6/h7-8H,9-10H2,1-6H3,(H2,19,20). The van der Waals surface area contributed by atoms with Crippen LogP contribution in [0, 0.1) is 5.41 Å². The Balaban J connectivity index is 3.10. The summed E-state index contributed by atoms with van der Waals surface area (Å²) in [5.41, 5.74) is 4.94. The minimum Gasteiger partial charge on any atom is -0.496 e. The predicted octanol–water partition coefficient (Wildman–Crippen LogP) is 3.50. The van der Waals surface area contributed by atoms with Gasteiger partial charge < -0.3 is 19.9 Å². The third-order valence-electron chi connectivity index (χ3n) is 3.64. The fourth-order valence-corrected chi connectivity index (χ4v) is 2.92. The van der Waals surface area contributed by atoms with E-state index in [2.05, 4.69) is 0 Å². The molecule has 1 amide bonds. The van der Waals surface area contributed by atoms with E-state index in [-0.39, 0.29) is 11.8 Å². The maximum absolute atomic E-state index is 11.5. The maximum atomic E-state index is 11.5. The number of benzene rings is 1. The Labute approximate surface area is 143 Å². The summed E-state index contributed by atoms with van der Waals surface area (Å²) >= 11 is 5.95. The predicted molar refractivity (Wildman–Crippen MR) is 91.4 cm³/mol. The summed E-state index contributed by atoms with van der Waals surface area (Å²) in [6.45, 7) is 7.43. The smallest absolute Gasteiger partial charge is 0.223 e. The zero-order valence-electron chi connectivity index (χ0n) is 14.7. The molecule has 6 heteroatoms. The number of alkyl halides is 1. The van der Waals surface area contributed by atoms with E-state index in [0.717, 1.165) is 5.56 Å². The lowest BCUT2D eigenvalue weighted by molar-refractivity contribution is -0.128. The number of carbonyl (C=O) groups excluding carboxylic acids is 1. The Morgan fingerprint density at radius 3 is 1.96 bits per heavy atom. The summed E-state index contributed by atoms with van der Waals surface area (Å²) in [5.74, 6) is 1.68. The molecule has 0 fully saturated rings. The van der Waals surface area contributed by atoms with Crippen molar-refractivity contribution in [3.05, 3.63) is 17.7 Å². The zero-order valence-corrected chi connectivity index (χ0v) is 15.4. The zero-order chi connectivity index (χ0) is 17.8. The SMILES string of the molecule is COc1cc(OC(C)(C)CC(C)(C)C(N)=O)cc(OC)c1CCl. The fraction of sp³-hybridized carbons (Fsp3) is 0.588. The number of hydrogen-bond donors (Lipinski definition) is 1. The summed E-state index contributed by atoms with van der Waals surface area (Å²) in [5, 5.41) is 0. The van der Waals surface area contributed by atoms with Gasteiger partial charge in [-0.15, -0.1) is 11.6 Å². The number of hydrogen-bond acceptors (Lipinski definition) is 4. The van der Waals surface area contributed by atoms with E-state index in [1.165, 1.54) is 0 Å². The second kappa shape index (κ2) is 7.30. The van der Waals surface area contributed by atoms with Crippen molar-refractivity contribution in [3.8, 4) is 17.2 Å². The van der Waals surface area contributed by atoms with E-state index in [4.69, 9.17) is 31.5 Å². The monoisotopic (exact) mass is 343 g/mol. The van der Waals surface area contributed by atoms with Gasteiger partial charge in [0, 0.05) is 24.0 Å². The van der Waals surface area contributed by atoms with E-state index in [1.54, 1.807) is 40.2 Å². The molecule has 1 aromatic rings. The molecule has 130 valence electrons. The third kappa shape index (κ3) is 4.93. The van der Waals surface area contributed by atoms with Gasteiger partial charge in [-0.2, -0.15) is 0 Å². The van der Waals surface area contributed by atoms with Crippen molar-refractivity contribution >= 4 is 17.5 Å². The summed E-state index contributed by atoms with van der Waals surface area (Å²) < 4.78 is 16.8. The lowest BCUT2D eigenvalue weighted by Gasteiger charge is -2.33. The van der Waals surface area contributed by atoms with Gasteiger partial charge in [0.05, 0.1) is 25.7 Å². The van der Waals surface area contributed by atoms with Crippen LogP contribution in [0.3, 0.4) is 0 Å². The van der Waals surface area contributed by atoms with Crippen molar-refractivity contribution in [1.82, 2.24) is 0 Å². The van der Waals surface area contributed by atoms with Gasteiger partial charge in [-0.25, -0.2) is 0 Å². The molecule has 1 rings (SSSR count). The molecule has 23 heavy (non-hydrogen) atoms. The van der Waals surface area contributed by atoms with Crippen molar-refractivity contribution in [2.45, 2.75) is 45.6 Å². The molecule has 5 nitrogen and oxygen atoms in total. The minimum atomic E-state index is -0.673. The van der Waals surface area contributed by atoms with Crippen molar-refractivity contribution in [1.29, 1.82) is 0 Å². The van der Waals surface area contributed by atoms with Crippen molar-refractivity contribution in [3.63, 3.8) is 0 Å². The fourth-order valence-electron chi connectivity index (χ4n) is 2.66. The second-order valence-corrected chi connectivity index (χ2v) is 6.99. The van der Waals surface area contributed by atoms with Crippen LogP contribution < -0.4 is 19.9 Å². The van der Waals surface area contributed by atoms with Crippen molar-refractivity contribution in [2.24, 2.45) is 11.1 Å². The normalized spacial score (nSPS) is 12.0. The van der Waals surface area contributed by atoms with E-state index in [9.17, 15) is 4.79 Å². The highest BCUT2D eigenvalue weighted by Gasteiger charge is 2.35. The number of amides is 1. The first-order valence-corrected chi connectivity index (χ1v) is 7.89. The van der Waals surface area contributed by atoms with E-state index in [0.29, 0.717) is 23.7 Å². The average molecular weight is 344 g/mol. The van der Waals surface area contributed by atoms with Crippen LogP contribution >= 0.6 is 11.6 Å². The van der Waals surface area contributed by atoms with Gasteiger partial charge in [-0.3, -0.25) is 4.79 Å². The van der Waals surface area contributed by atoms with E-state index >= 15 is 0 Å². The number of rotatable bonds is 8. The van der Waals surface area contributed by atoms with Gasteiger partial charge in [0.15, 0.2) is 0 Å². The number of primary amides is 1. The Hall–Kier alpha value is -1.62. The summed E-state index contributed by atoms with van der Waals surface area (Å²) in [6.07, 6.45) is 0.469. The molecule has 0 unspecified atom stereocenters. The highest BCUT2D eigenvalue weighted by molar-refractivity contribution is 6.17. The molecule has 0 bridgehead atoms. The third-order valence-corrected chi connectivity index (χ3v) is 3.91. The lowest BCUT2D eigenvalue weighted by atomic mass is 9.81. The van der Waals surface area contributed by atoms with Crippen LogP contribution in [0.25, 0.3) is 0 Å². The molecule has 1 aromatic carbocycles. The molecule has 2 N–H and O–H groups in total. The van der Waals surface area contributed by atoms with Crippen LogP contribution in [-0.2, 0) is 10.7 Å². The molecule has 0 aliphatic rings. The van der Waals surface area contributed by atoms with Crippen molar-refractivity contribution in [2.75, 3.05) is 14.2 Å². The molecule has 0 saturated heterocycles. The first-order chi connectivity index (χ1) is 10.6. The first-order valence-electron chi connectivity index (χ1n) is 7.36. The number of methoxy groups -OCH3 is 2. The molecule has 0 aliphatic carbocycles. The number of ether oxygens (including phenoxy) is 3. The summed E-state index contributed by atoms with van der Waals surface area (Å²) in [4.78, 5) is 11.5. The number of halogens is 1. The molecule has 0 heterocycles. The summed E-state index contributed by atoms with van der Waals surface area (Å²) in [7, 11) is 3.13. The van der Waals surface area contributed by atoms with Crippen LogP contribution in [0.15, 0.2) is 12.1 Å². The van der Waals surface area contributed by atoms with Gasteiger partial charge in [0.1, 0.15) is 22.8 Å². The average Bonchev–Trinajstić information content (AvgIpc) is 2.44. The first kappa shape index (κ1) is 19.4. The van der Waals surface area contributed by atoms with Crippen LogP contribution in [0.2, 0.25) is 0 Å². The van der Waals surface area contributed by atoms with Gasteiger partial charge in [0.25, 0.3) is 0 Å². The molecular weight excluding hydrogens is 318 g/mol. The van der Waals surface area contributed by atoms with Gasteiger partial charge in [-0.05, 0) is 13.8 Å². The molecule has 0 spiro atoms. The Bertz CT molecular complexity index is 545. The molecule has 0 atom stereocenters. The highest BCUT2D eigenvalue weighted by atomic mass is 35.5. The largest absolute Gasteiger partial charge is 0.496 e. The topological polar surface area (TPSA) is 70.8 Å². The lowest BCUT2D eigenvalue weighted by Crippen LogP contribution is -2.41. The number of nitrogens with two attached hydrogens (primary N) is 1. The molecule has 0 aliphatic heterocycles. The Morgan fingerprint density at radius 1 is 1.13 bits per heavy atom. The van der Waals surface area contributed by atoms with Crippen LogP contribution in [0.1, 0.15) is 39.7 Å². The van der Waals surface area contributed by atoms with Gasteiger partial charge in [0.2, 0.25) is 5.91 Å². The second-order valence-electron chi connectivity index (χ2n) is 6.73. The molecule has 0 radical (unpaired) electrons. The molecule has 0 saturated carbocycles. The minimum absolute atomic E-state index is 0.269. The highest BCUT2D eigenvalue weighted by Crippen LogP contribution is 2.38. The molecular formula is C17H26ClNO4. The van der Waals surface area contributed by atoms with Crippen LogP contribution in [0.5, 0.6) is 17.2 Å². The molecule has 0 aromatic heterocycles. The Morgan fingerprint density at radius 2 is 1.61 bits per heavy atom. The van der Waals surface area contributed by atoms with Crippen molar-refractivity contribution < 1.29 is 19.0 Å². The summed E-state index contributed by atoms with van der Waals surface area (Å²) in [6, 6.07) is 3.53. The van der Waals surface area contributed by atoms with Gasteiger partial charge in [-0.1, -0.05) is 13.8 Å². The number of carbonyl (C=O) groups is 1. The van der Waals surface area contributed by atoms with Crippen LogP contribution in [-0.4, -0.2) is 25.7 Å². The van der Waals surface area contributed by atoms with Gasteiger partial charge >= 0.3 is 0 Å². The Kier molecular flexibility index (Phi) is 6.17. The van der Waals surface area contributed by atoms with E-state index < -0.39 is 11.0 Å².